The first-order valence-corrected chi connectivity index (χ1v) is 6.17. The second-order valence-electron chi connectivity index (χ2n) is 4.43. The zero-order valence-electron chi connectivity index (χ0n) is 9.58. The second kappa shape index (κ2) is 4.92. The number of rotatable bonds is 1. The monoisotopic (exact) mass is 258 g/mol. The first kappa shape index (κ1) is 12.2. The summed E-state index contributed by atoms with van der Waals surface area (Å²) in [6.45, 7) is 3.24. The van der Waals surface area contributed by atoms with Crippen molar-refractivity contribution in [3.8, 4) is 0 Å². The zero-order valence-corrected chi connectivity index (χ0v) is 11.1. The highest BCUT2D eigenvalue weighted by molar-refractivity contribution is 6.42. The van der Waals surface area contributed by atoms with Crippen molar-refractivity contribution in [1.29, 1.82) is 0 Å². The van der Waals surface area contributed by atoms with Gasteiger partial charge in [-0.2, -0.15) is 0 Å². The summed E-state index contributed by atoms with van der Waals surface area (Å²) in [4.78, 5) is 4.70. The maximum Gasteiger partial charge on any atom is 0.0595 e. The Morgan fingerprint density at radius 3 is 2.56 bits per heavy atom. The van der Waals surface area contributed by atoms with Gasteiger partial charge in [-0.1, -0.05) is 29.3 Å². The molecule has 1 aliphatic heterocycles. The fourth-order valence-corrected chi connectivity index (χ4v) is 2.40. The van der Waals surface area contributed by atoms with Crippen LogP contribution in [-0.2, 0) is 0 Å². The van der Waals surface area contributed by atoms with E-state index in [1.807, 2.05) is 12.1 Å². The molecular formula is C12H16Cl2N2. The highest BCUT2D eigenvalue weighted by Crippen LogP contribution is 2.29. The molecule has 0 N–H and O–H groups in total. The van der Waals surface area contributed by atoms with Crippen LogP contribution in [0.2, 0.25) is 10.0 Å². The zero-order chi connectivity index (χ0) is 11.7. The molecule has 1 aromatic carbocycles. The van der Waals surface area contributed by atoms with E-state index in [1.54, 1.807) is 0 Å². The Bertz CT molecular complexity index is 381. The van der Waals surface area contributed by atoms with Crippen LogP contribution in [0.25, 0.3) is 0 Å². The minimum absolute atomic E-state index is 0.411. The van der Waals surface area contributed by atoms with Crippen molar-refractivity contribution in [2.75, 3.05) is 33.7 Å². The van der Waals surface area contributed by atoms with Gasteiger partial charge in [-0.15, -0.1) is 0 Å². The molecule has 1 atom stereocenters. The van der Waals surface area contributed by atoms with Gasteiger partial charge in [0.2, 0.25) is 0 Å². The molecule has 1 heterocycles. The van der Waals surface area contributed by atoms with Gasteiger partial charge in [0, 0.05) is 25.7 Å². The van der Waals surface area contributed by atoms with Crippen LogP contribution in [-0.4, -0.2) is 43.5 Å². The normalized spacial score (nSPS) is 23.6. The highest BCUT2D eigenvalue weighted by Gasteiger charge is 2.23. The van der Waals surface area contributed by atoms with Crippen LogP contribution in [0.15, 0.2) is 18.2 Å². The van der Waals surface area contributed by atoms with Crippen molar-refractivity contribution in [3.63, 3.8) is 0 Å². The van der Waals surface area contributed by atoms with Gasteiger partial charge in [-0.05, 0) is 31.8 Å². The van der Waals surface area contributed by atoms with E-state index in [9.17, 15) is 0 Å². The summed E-state index contributed by atoms with van der Waals surface area (Å²) >= 11 is 12.0. The Balaban J connectivity index is 2.24. The van der Waals surface area contributed by atoms with Crippen LogP contribution in [0.5, 0.6) is 0 Å². The molecule has 2 rings (SSSR count). The van der Waals surface area contributed by atoms with Crippen molar-refractivity contribution in [2.45, 2.75) is 6.04 Å². The molecule has 0 saturated carbocycles. The molecule has 4 heteroatoms. The van der Waals surface area contributed by atoms with Gasteiger partial charge in [-0.3, -0.25) is 4.90 Å². The van der Waals surface area contributed by atoms with Gasteiger partial charge in [0.05, 0.1) is 10.0 Å². The standard InChI is InChI=1S/C12H16Cl2N2/c1-15-5-6-16(2)12(8-15)9-3-4-10(13)11(14)7-9/h3-4,7,12H,5-6,8H2,1-2H3. The topological polar surface area (TPSA) is 6.48 Å². The van der Waals surface area contributed by atoms with E-state index in [4.69, 9.17) is 23.2 Å². The van der Waals surface area contributed by atoms with Crippen LogP contribution >= 0.6 is 23.2 Å². The maximum atomic E-state index is 6.05. The predicted octanol–water partition coefficient (Wildman–Crippen LogP) is 2.91. The Morgan fingerprint density at radius 2 is 1.88 bits per heavy atom. The number of benzene rings is 1. The minimum atomic E-state index is 0.411. The lowest BCUT2D eigenvalue weighted by Crippen LogP contribution is -2.44. The lowest BCUT2D eigenvalue weighted by Gasteiger charge is -2.38. The Kier molecular flexibility index (Phi) is 3.75. The molecule has 1 aromatic rings. The van der Waals surface area contributed by atoms with Crippen LogP contribution < -0.4 is 0 Å². The Labute approximate surface area is 107 Å². The fraction of sp³-hybridized carbons (Fsp3) is 0.500. The maximum absolute atomic E-state index is 6.05. The average molecular weight is 259 g/mol. The molecule has 0 bridgehead atoms. The van der Waals surface area contributed by atoms with E-state index in [-0.39, 0.29) is 0 Å². The van der Waals surface area contributed by atoms with E-state index in [0.717, 1.165) is 19.6 Å². The van der Waals surface area contributed by atoms with Crippen molar-refractivity contribution < 1.29 is 0 Å². The largest absolute Gasteiger partial charge is 0.303 e. The molecule has 88 valence electrons. The number of likely N-dealkylation sites (N-methyl/N-ethyl adjacent to an activating group) is 2. The van der Waals surface area contributed by atoms with Crippen molar-refractivity contribution >= 4 is 23.2 Å². The van der Waals surface area contributed by atoms with Crippen molar-refractivity contribution in [1.82, 2.24) is 9.80 Å². The number of nitrogens with zero attached hydrogens (tertiary/aromatic N) is 2. The molecule has 0 spiro atoms. The van der Waals surface area contributed by atoms with E-state index in [1.165, 1.54) is 5.56 Å². The molecule has 2 nitrogen and oxygen atoms in total. The van der Waals surface area contributed by atoms with Crippen molar-refractivity contribution in [3.05, 3.63) is 33.8 Å². The number of piperazine rings is 1. The summed E-state index contributed by atoms with van der Waals surface area (Å²) in [5.74, 6) is 0. The van der Waals surface area contributed by atoms with E-state index in [2.05, 4.69) is 30.0 Å². The van der Waals surface area contributed by atoms with Gasteiger partial charge in [0.25, 0.3) is 0 Å². The molecule has 1 fully saturated rings. The SMILES string of the molecule is CN1CCN(C)C(c2ccc(Cl)c(Cl)c2)C1. The number of halogens is 2. The summed E-state index contributed by atoms with van der Waals surface area (Å²) in [6.07, 6.45) is 0. The molecule has 0 radical (unpaired) electrons. The van der Waals surface area contributed by atoms with Crippen LogP contribution in [0.1, 0.15) is 11.6 Å². The summed E-state index contributed by atoms with van der Waals surface area (Å²) in [5.41, 5.74) is 1.24. The molecule has 1 saturated heterocycles. The third-order valence-electron chi connectivity index (χ3n) is 3.18. The third kappa shape index (κ3) is 2.51. The van der Waals surface area contributed by atoms with E-state index >= 15 is 0 Å². The van der Waals surface area contributed by atoms with Gasteiger partial charge in [0.15, 0.2) is 0 Å². The van der Waals surface area contributed by atoms with E-state index < -0.39 is 0 Å². The number of hydrogen-bond acceptors (Lipinski definition) is 2. The molecule has 0 amide bonds. The van der Waals surface area contributed by atoms with Gasteiger partial charge >= 0.3 is 0 Å². The summed E-state index contributed by atoms with van der Waals surface area (Å²) in [6, 6.07) is 6.33. The molecule has 16 heavy (non-hydrogen) atoms. The minimum Gasteiger partial charge on any atom is -0.303 e. The fourth-order valence-electron chi connectivity index (χ4n) is 2.09. The first-order valence-electron chi connectivity index (χ1n) is 5.41. The average Bonchev–Trinajstić information content (AvgIpc) is 2.26. The van der Waals surface area contributed by atoms with Crippen molar-refractivity contribution in [2.24, 2.45) is 0 Å². The first-order chi connectivity index (χ1) is 7.58. The molecule has 1 aliphatic rings. The Morgan fingerprint density at radius 1 is 1.12 bits per heavy atom. The van der Waals surface area contributed by atoms with Gasteiger partial charge in [-0.25, -0.2) is 0 Å². The molecule has 1 unspecified atom stereocenters. The van der Waals surface area contributed by atoms with Gasteiger partial charge < -0.3 is 4.90 Å². The quantitative estimate of drug-likeness (QED) is 0.765. The number of hydrogen-bond donors (Lipinski definition) is 0. The second-order valence-corrected chi connectivity index (χ2v) is 5.25. The summed E-state index contributed by atoms with van der Waals surface area (Å²) in [7, 11) is 4.30. The Hall–Kier alpha value is -0.280. The van der Waals surface area contributed by atoms with Crippen LogP contribution in [0.3, 0.4) is 0 Å². The predicted molar refractivity (Wildman–Crippen MR) is 69.3 cm³/mol. The molecule has 0 aromatic heterocycles. The van der Waals surface area contributed by atoms with E-state index in [0.29, 0.717) is 16.1 Å². The molecule has 0 aliphatic carbocycles. The third-order valence-corrected chi connectivity index (χ3v) is 3.92. The van der Waals surface area contributed by atoms with Gasteiger partial charge in [0.1, 0.15) is 0 Å². The summed E-state index contributed by atoms with van der Waals surface area (Å²) < 4.78 is 0. The molecular weight excluding hydrogens is 243 g/mol. The summed E-state index contributed by atoms with van der Waals surface area (Å²) in [5, 5.41) is 1.26. The lowest BCUT2D eigenvalue weighted by atomic mass is 10.0. The lowest BCUT2D eigenvalue weighted by molar-refractivity contribution is 0.115. The van der Waals surface area contributed by atoms with Crippen LogP contribution in [0, 0.1) is 0 Å². The van der Waals surface area contributed by atoms with Crippen LogP contribution in [0.4, 0.5) is 0 Å². The smallest absolute Gasteiger partial charge is 0.0595 e. The highest BCUT2D eigenvalue weighted by atomic mass is 35.5.